The van der Waals surface area contributed by atoms with E-state index in [4.69, 9.17) is 4.74 Å². The topological polar surface area (TPSA) is 75.7 Å². The smallest absolute Gasteiger partial charge is 0.264 e. The van der Waals surface area contributed by atoms with E-state index in [0.29, 0.717) is 18.0 Å². The first-order chi connectivity index (χ1) is 13.9. The van der Waals surface area contributed by atoms with Crippen molar-refractivity contribution in [3.05, 3.63) is 54.6 Å². The van der Waals surface area contributed by atoms with Gasteiger partial charge in [-0.3, -0.25) is 4.31 Å². The summed E-state index contributed by atoms with van der Waals surface area (Å²) in [5, 5.41) is 10.8. The van der Waals surface area contributed by atoms with Crippen molar-refractivity contribution in [3.63, 3.8) is 0 Å². The van der Waals surface area contributed by atoms with Gasteiger partial charge in [0.05, 0.1) is 31.3 Å². The van der Waals surface area contributed by atoms with Crippen LogP contribution in [0.15, 0.2) is 59.5 Å². The Kier molecular flexibility index (Phi) is 7.13. The third kappa shape index (κ3) is 5.27. The van der Waals surface area contributed by atoms with Crippen molar-refractivity contribution in [2.24, 2.45) is 0 Å². The highest BCUT2D eigenvalue weighted by molar-refractivity contribution is 7.92. The summed E-state index contributed by atoms with van der Waals surface area (Å²) in [4.78, 5) is 2.99. The summed E-state index contributed by atoms with van der Waals surface area (Å²) in [6.07, 6.45) is -0.785. The molecule has 0 saturated carbocycles. The van der Waals surface area contributed by atoms with Gasteiger partial charge in [0.2, 0.25) is 0 Å². The average molecular weight is 422 g/mol. The summed E-state index contributed by atoms with van der Waals surface area (Å²) < 4.78 is 33.5. The molecule has 3 rings (SSSR count). The highest BCUT2D eigenvalue weighted by atomic mass is 32.2. The molecule has 1 atom stereocenters. The second kappa shape index (κ2) is 9.58. The van der Waals surface area contributed by atoms with E-state index < -0.39 is 16.1 Å². The van der Waals surface area contributed by atoms with Crippen molar-refractivity contribution in [2.75, 3.05) is 57.7 Å². The fourth-order valence-corrected chi connectivity index (χ4v) is 5.24. The number of rotatable bonds is 8. The number of sulfonamides is 1. The molecule has 7 nitrogen and oxygen atoms in total. The van der Waals surface area contributed by atoms with E-state index in [0.717, 1.165) is 26.2 Å². The minimum atomic E-state index is -3.85. The van der Waals surface area contributed by atoms with Crippen LogP contribution >= 0.6 is 0 Å². The van der Waals surface area contributed by atoms with Gasteiger partial charge in [0.25, 0.3) is 10.0 Å². The zero-order chi connectivity index (χ0) is 20.9. The van der Waals surface area contributed by atoms with Gasteiger partial charge in [-0.25, -0.2) is 8.42 Å². The summed E-state index contributed by atoms with van der Waals surface area (Å²) in [7, 11) is -0.169. The van der Waals surface area contributed by atoms with Gasteiger partial charge in [0, 0.05) is 0 Å². The van der Waals surface area contributed by atoms with Crippen molar-refractivity contribution in [2.45, 2.75) is 11.0 Å². The summed E-state index contributed by atoms with van der Waals surface area (Å²) in [5.74, 6) is 0.453. The number of quaternary nitrogens is 2. The van der Waals surface area contributed by atoms with Crippen molar-refractivity contribution < 1.29 is 28.1 Å². The van der Waals surface area contributed by atoms with Gasteiger partial charge in [0.15, 0.2) is 0 Å². The van der Waals surface area contributed by atoms with Crippen molar-refractivity contribution in [1.29, 1.82) is 0 Å². The number of hydrogen-bond acceptors (Lipinski definition) is 4. The fourth-order valence-electron chi connectivity index (χ4n) is 3.71. The molecule has 1 saturated heterocycles. The number of aliphatic hydroxyl groups excluding tert-OH is 1. The molecule has 2 aromatic rings. The van der Waals surface area contributed by atoms with Crippen LogP contribution in [-0.2, 0) is 10.0 Å². The number of methoxy groups -OCH3 is 1. The predicted octanol–water partition coefficient (Wildman–Crippen LogP) is -1.34. The van der Waals surface area contributed by atoms with E-state index in [2.05, 4.69) is 7.05 Å². The van der Waals surface area contributed by atoms with E-state index in [1.807, 2.05) is 0 Å². The molecule has 0 radical (unpaired) electrons. The minimum Gasteiger partial charge on any atom is -0.495 e. The lowest BCUT2D eigenvalue weighted by Gasteiger charge is -2.31. The molecule has 0 amide bonds. The van der Waals surface area contributed by atoms with Crippen LogP contribution in [0.4, 0.5) is 5.69 Å². The number of nitrogens with zero attached hydrogens (tertiary/aromatic N) is 1. The van der Waals surface area contributed by atoms with Gasteiger partial charge in [0.1, 0.15) is 44.6 Å². The van der Waals surface area contributed by atoms with Crippen molar-refractivity contribution in [3.8, 4) is 5.75 Å². The quantitative estimate of drug-likeness (QED) is 0.494. The molecule has 158 valence electrons. The van der Waals surface area contributed by atoms with Gasteiger partial charge in [-0.2, -0.15) is 0 Å². The Morgan fingerprint density at radius 1 is 1.03 bits per heavy atom. The maximum atomic E-state index is 13.4. The molecular weight excluding hydrogens is 390 g/mol. The van der Waals surface area contributed by atoms with Crippen LogP contribution in [0.3, 0.4) is 0 Å². The molecule has 0 aliphatic carbocycles. The van der Waals surface area contributed by atoms with Crippen LogP contribution in [0.25, 0.3) is 0 Å². The molecule has 0 spiro atoms. The highest BCUT2D eigenvalue weighted by Crippen LogP contribution is 2.32. The predicted molar refractivity (Wildman–Crippen MR) is 112 cm³/mol. The number of benzene rings is 2. The highest BCUT2D eigenvalue weighted by Gasteiger charge is 2.31. The maximum absolute atomic E-state index is 13.4. The van der Waals surface area contributed by atoms with E-state index in [1.54, 1.807) is 54.6 Å². The Morgan fingerprint density at radius 2 is 1.66 bits per heavy atom. The first-order valence-corrected chi connectivity index (χ1v) is 11.4. The number of anilines is 1. The zero-order valence-electron chi connectivity index (χ0n) is 17.0. The number of hydrogen-bond donors (Lipinski definition) is 3. The Morgan fingerprint density at radius 3 is 2.31 bits per heavy atom. The van der Waals surface area contributed by atoms with Crippen LogP contribution in [0.1, 0.15) is 0 Å². The van der Waals surface area contributed by atoms with Gasteiger partial charge in [-0.05, 0) is 24.3 Å². The lowest BCUT2D eigenvalue weighted by molar-refractivity contribution is -1.00. The molecule has 1 aliphatic rings. The standard InChI is InChI=1S/C21H29N3O4S/c1-22-12-14-23(15-13-22)16-18(25)17-24(20-10-6-7-11-21(20)28-2)29(26,27)19-8-4-3-5-9-19/h3-11,18,25H,12-17H2,1-2H3/p+2/t18-/m1/s1. The monoisotopic (exact) mass is 421 g/mol. The molecule has 0 bridgehead atoms. The van der Waals surface area contributed by atoms with Crippen LogP contribution < -0.4 is 18.8 Å². The van der Waals surface area contributed by atoms with Gasteiger partial charge >= 0.3 is 0 Å². The number of likely N-dealkylation sites (N-methyl/N-ethyl adjacent to an activating group) is 1. The molecular formula is C21H31N3O4S+2. The van der Waals surface area contributed by atoms with Gasteiger partial charge in [-0.15, -0.1) is 0 Å². The maximum Gasteiger partial charge on any atom is 0.264 e. The number of aliphatic hydroxyl groups is 1. The Labute approximate surface area is 173 Å². The molecule has 0 unspecified atom stereocenters. The second-order valence-electron chi connectivity index (χ2n) is 7.59. The van der Waals surface area contributed by atoms with E-state index in [-0.39, 0.29) is 11.4 Å². The number of nitrogens with one attached hydrogen (secondary N) is 2. The Balaban J connectivity index is 1.87. The Bertz CT molecular complexity index is 884. The van der Waals surface area contributed by atoms with Crippen LogP contribution in [0.2, 0.25) is 0 Å². The SMILES string of the molecule is COc1ccccc1N(C[C@H](O)C[NH+]1CC[NH+](C)CC1)S(=O)(=O)c1ccccc1. The molecule has 1 heterocycles. The van der Waals surface area contributed by atoms with Crippen LogP contribution in [-0.4, -0.2) is 73.1 Å². The Hall–Kier alpha value is -2.13. The fraction of sp³-hybridized carbons (Fsp3) is 0.429. The number of ether oxygens (including phenoxy) is 1. The lowest BCUT2D eigenvalue weighted by atomic mass is 10.2. The van der Waals surface area contributed by atoms with Crippen molar-refractivity contribution >= 4 is 15.7 Å². The molecule has 1 fully saturated rings. The molecule has 0 aromatic heterocycles. The average Bonchev–Trinajstić information content (AvgIpc) is 2.74. The lowest BCUT2D eigenvalue weighted by Crippen LogP contribution is -3.27. The third-order valence-corrected chi connectivity index (χ3v) is 7.19. The van der Waals surface area contributed by atoms with Crippen molar-refractivity contribution in [1.82, 2.24) is 0 Å². The molecule has 29 heavy (non-hydrogen) atoms. The minimum absolute atomic E-state index is 0.0240. The molecule has 8 heteroatoms. The largest absolute Gasteiger partial charge is 0.495 e. The summed E-state index contributed by atoms with van der Waals surface area (Å²) in [5.41, 5.74) is 0.427. The van der Waals surface area contributed by atoms with Gasteiger partial charge < -0.3 is 19.6 Å². The number of piperazine rings is 1. The zero-order valence-corrected chi connectivity index (χ0v) is 17.9. The first-order valence-electron chi connectivity index (χ1n) is 9.95. The van der Waals surface area contributed by atoms with E-state index >= 15 is 0 Å². The summed E-state index contributed by atoms with van der Waals surface area (Å²) in [6.45, 7) is 4.56. The molecule has 1 aliphatic heterocycles. The van der Waals surface area contributed by atoms with Crippen LogP contribution in [0, 0.1) is 0 Å². The van der Waals surface area contributed by atoms with E-state index in [9.17, 15) is 13.5 Å². The molecule has 3 N–H and O–H groups in total. The number of para-hydroxylation sites is 2. The van der Waals surface area contributed by atoms with E-state index in [1.165, 1.54) is 21.2 Å². The summed E-state index contributed by atoms with van der Waals surface area (Å²) >= 11 is 0. The first kappa shape index (κ1) is 21.6. The third-order valence-electron chi connectivity index (χ3n) is 5.40. The van der Waals surface area contributed by atoms with Gasteiger partial charge in [-0.1, -0.05) is 30.3 Å². The summed E-state index contributed by atoms with van der Waals surface area (Å²) in [6, 6.07) is 15.3. The normalized spacial score (nSPS) is 20.8. The van der Waals surface area contributed by atoms with Crippen LogP contribution in [0.5, 0.6) is 5.75 Å². The second-order valence-corrected chi connectivity index (χ2v) is 9.45. The molecule has 2 aromatic carbocycles.